The highest BCUT2D eigenvalue weighted by atomic mass is 35.5. The molecule has 0 heterocycles. The molecule has 7 nitrogen and oxygen atoms in total. The van der Waals surface area contributed by atoms with Crippen molar-refractivity contribution in [2.75, 3.05) is 0 Å². The monoisotopic (exact) mass is 353 g/mol. The highest BCUT2D eigenvalue weighted by Crippen LogP contribution is 2.21. The largest absolute Gasteiger partial charge is 0.452 e. The van der Waals surface area contributed by atoms with E-state index in [0.717, 1.165) is 12.8 Å². The average molecular weight is 354 g/mol. The Hall–Kier alpha value is -2.28. The topological polar surface area (TPSA) is 111 Å². The summed E-state index contributed by atoms with van der Waals surface area (Å²) in [5, 5.41) is 5.78. The molecule has 3 amide bonds. The van der Waals surface area contributed by atoms with Crippen LogP contribution in [0.5, 0.6) is 0 Å². The Labute approximate surface area is 144 Å². The Kier molecular flexibility index (Phi) is 6.03. The second-order valence-electron chi connectivity index (χ2n) is 5.73. The molecule has 0 unspecified atom stereocenters. The number of benzene rings is 1. The summed E-state index contributed by atoms with van der Waals surface area (Å²) in [5.74, 6) is -0.932. The molecule has 4 N–H and O–H groups in total. The SMILES string of the molecule is C[C@H](OC(=O)C[C@H](NC(N)=O)c1ccc(Cl)cc1)C(=O)NC1CC1. The highest BCUT2D eigenvalue weighted by molar-refractivity contribution is 6.30. The van der Waals surface area contributed by atoms with Crippen molar-refractivity contribution in [1.82, 2.24) is 10.6 Å². The summed E-state index contributed by atoms with van der Waals surface area (Å²) >= 11 is 5.83. The van der Waals surface area contributed by atoms with Gasteiger partial charge in [0.2, 0.25) is 0 Å². The molecule has 0 saturated heterocycles. The maximum atomic E-state index is 12.1. The van der Waals surface area contributed by atoms with Crippen LogP contribution in [0.2, 0.25) is 5.02 Å². The number of hydrogen-bond acceptors (Lipinski definition) is 4. The lowest BCUT2D eigenvalue weighted by molar-refractivity contribution is -0.155. The Morgan fingerprint density at radius 3 is 2.46 bits per heavy atom. The Balaban J connectivity index is 1.94. The Bertz CT molecular complexity index is 616. The van der Waals surface area contributed by atoms with Gasteiger partial charge in [-0.2, -0.15) is 0 Å². The fourth-order valence-electron chi connectivity index (χ4n) is 2.13. The number of esters is 1. The van der Waals surface area contributed by atoms with Crippen molar-refractivity contribution >= 4 is 29.5 Å². The molecule has 1 fully saturated rings. The van der Waals surface area contributed by atoms with Gasteiger partial charge in [0.1, 0.15) is 0 Å². The minimum atomic E-state index is -0.891. The maximum Gasteiger partial charge on any atom is 0.312 e. The van der Waals surface area contributed by atoms with Crippen LogP contribution in [-0.2, 0) is 14.3 Å². The molecule has 0 radical (unpaired) electrons. The number of nitrogens with one attached hydrogen (secondary N) is 2. The molecule has 130 valence electrons. The summed E-state index contributed by atoms with van der Waals surface area (Å²) in [6, 6.07) is 5.41. The average Bonchev–Trinajstić information content (AvgIpc) is 3.30. The van der Waals surface area contributed by atoms with Gasteiger partial charge in [0.05, 0.1) is 12.5 Å². The van der Waals surface area contributed by atoms with E-state index in [2.05, 4.69) is 10.6 Å². The van der Waals surface area contributed by atoms with Crippen molar-refractivity contribution in [3.05, 3.63) is 34.9 Å². The van der Waals surface area contributed by atoms with E-state index < -0.39 is 24.1 Å². The van der Waals surface area contributed by atoms with E-state index in [9.17, 15) is 14.4 Å². The zero-order valence-electron chi connectivity index (χ0n) is 13.3. The van der Waals surface area contributed by atoms with Gasteiger partial charge in [-0.15, -0.1) is 0 Å². The van der Waals surface area contributed by atoms with Gasteiger partial charge in [0.25, 0.3) is 5.91 Å². The van der Waals surface area contributed by atoms with Crippen LogP contribution in [-0.4, -0.2) is 30.1 Å². The van der Waals surface area contributed by atoms with Crippen molar-refractivity contribution in [2.45, 2.75) is 44.4 Å². The van der Waals surface area contributed by atoms with Gasteiger partial charge >= 0.3 is 12.0 Å². The number of nitrogens with two attached hydrogens (primary N) is 1. The number of urea groups is 1. The molecule has 2 atom stereocenters. The standard InChI is InChI=1S/C16H20ClN3O4/c1-9(15(22)19-12-6-7-12)24-14(21)8-13(20-16(18)23)10-2-4-11(17)5-3-10/h2-5,9,12-13H,6-8H2,1H3,(H,19,22)(H3,18,20,23)/t9-,13-/m0/s1. The lowest BCUT2D eigenvalue weighted by Crippen LogP contribution is -2.38. The number of primary amides is 1. The third kappa shape index (κ3) is 5.73. The second-order valence-corrected chi connectivity index (χ2v) is 6.17. The summed E-state index contributed by atoms with van der Waals surface area (Å²) in [7, 11) is 0. The van der Waals surface area contributed by atoms with Crippen molar-refractivity contribution in [3.8, 4) is 0 Å². The lowest BCUT2D eigenvalue weighted by Gasteiger charge is -2.19. The van der Waals surface area contributed by atoms with E-state index in [4.69, 9.17) is 22.1 Å². The first-order valence-electron chi connectivity index (χ1n) is 7.66. The van der Waals surface area contributed by atoms with Gasteiger partial charge in [0, 0.05) is 11.1 Å². The molecule has 1 saturated carbocycles. The van der Waals surface area contributed by atoms with Gasteiger partial charge < -0.3 is 21.1 Å². The molecule has 1 aliphatic carbocycles. The van der Waals surface area contributed by atoms with Crippen LogP contribution in [0.15, 0.2) is 24.3 Å². The maximum absolute atomic E-state index is 12.1. The second kappa shape index (κ2) is 8.01. The zero-order chi connectivity index (χ0) is 17.7. The molecule has 1 aromatic rings. The predicted octanol–water partition coefficient (Wildman–Crippen LogP) is 1.65. The van der Waals surface area contributed by atoms with Crippen LogP contribution in [0.4, 0.5) is 4.79 Å². The molecular formula is C16H20ClN3O4. The third-order valence-electron chi connectivity index (χ3n) is 3.56. The number of ether oxygens (including phenoxy) is 1. The van der Waals surface area contributed by atoms with Crippen LogP contribution >= 0.6 is 11.6 Å². The first kappa shape index (κ1) is 18.1. The van der Waals surface area contributed by atoms with Crippen molar-refractivity contribution in [2.24, 2.45) is 5.73 Å². The van der Waals surface area contributed by atoms with E-state index in [0.29, 0.717) is 10.6 Å². The van der Waals surface area contributed by atoms with E-state index in [-0.39, 0.29) is 18.4 Å². The normalized spacial score (nSPS) is 15.9. The van der Waals surface area contributed by atoms with Gasteiger partial charge in [-0.25, -0.2) is 4.79 Å². The minimum Gasteiger partial charge on any atom is -0.452 e. The van der Waals surface area contributed by atoms with Gasteiger partial charge in [-0.05, 0) is 37.5 Å². The molecule has 24 heavy (non-hydrogen) atoms. The van der Waals surface area contributed by atoms with Gasteiger partial charge in [-0.1, -0.05) is 23.7 Å². The van der Waals surface area contributed by atoms with E-state index in [1.54, 1.807) is 24.3 Å². The van der Waals surface area contributed by atoms with E-state index >= 15 is 0 Å². The number of carbonyl (C=O) groups is 3. The Morgan fingerprint density at radius 2 is 1.92 bits per heavy atom. The molecule has 0 bridgehead atoms. The summed E-state index contributed by atoms with van der Waals surface area (Å²) in [5.41, 5.74) is 5.81. The summed E-state index contributed by atoms with van der Waals surface area (Å²) < 4.78 is 5.13. The number of carbonyl (C=O) groups excluding carboxylic acids is 3. The summed E-state index contributed by atoms with van der Waals surface area (Å²) in [4.78, 5) is 35.0. The smallest absolute Gasteiger partial charge is 0.312 e. The Morgan fingerprint density at radius 1 is 1.29 bits per heavy atom. The number of rotatable bonds is 7. The van der Waals surface area contributed by atoms with Crippen molar-refractivity contribution in [3.63, 3.8) is 0 Å². The van der Waals surface area contributed by atoms with E-state index in [1.807, 2.05) is 0 Å². The fraction of sp³-hybridized carbons (Fsp3) is 0.438. The predicted molar refractivity (Wildman–Crippen MR) is 88.2 cm³/mol. The molecular weight excluding hydrogens is 334 g/mol. The zero-order valence-corrected chi connectivity index (χ0v) is 14.0. The molecule has 0 aromatic heterocycles. The van der Waals surface area contributed by atoms with Crippen LogP contribution < -0.4 is 16.4 Å². The van der Waals surface area contributed by atoms with Crippen molar-refractivity contribution in [1.29, 1.82) is 0 Å². The first-order valence-corrected chi connectivity index (χ1v) is 8.04. The number of hydrogen-bond donors (Lipinski definition) is 3. The fourth-order valence-corrected chi connectivity index (χ4v) is 2.26. The third-order valence-corrected chi connectivity index (χ3v) is 3.81. The summed E-state index contributed by atoms with van der Waals surface area (Å²) in [6.07, 6.45) is 0.866. The van der Waals surface area contributed by atoms with Crippen LogP contribution in [0.1, 0.15) is 37.8 Å². The molecule has 8 heteroatoms. The van der Waals surface area contributed by atoms with Gasteiger partial charge in [-0.3, -0.25) is 9.59 Å². The molecule has 1 aliphatic rings. The molecule has 2 rings (SSSR count). The van der Waals surface area contributed by atoms with E-state index in [1.165, 1.54) is 6.92 Å². The number of halogens is 1. The lowest BCUT2D eigenvalue weighted by atomic mass is 10.0. The highest BCUT2D eigenvalue weighted by Gasteiger charge is 2.28. The molecule has 0 aliphatic heterocycles. The van der Waals surface area contributed by atoms with Crippen LogP contribution in [0.25, 0.3) is 0 Å². The van der Waals surface area contributed by atoms with Gasteiger partial charge in [0.15, 0.2) is 6.10 Å². The van der Waals surface area contributed by atoms with Crippen LogP contribution in [0, 0.1) is 0 Å². The van der Waals surface area contributed by atoms with Crippen LogP contribution in [0.3, 0.4) is 0 Å². The number of amides is 3. The molecule has 1 aromatic carbocycles. The summed E-state index contributed by atoms with van der Waals surface area (Å²) in [6.45, 7) is 1.51. The minimum absolute atomic E-state index is 0.147. The molecule has 0 spiro atoms. The first-order chi connectivity index (χ1) is 11.3. The quantitative estimate of drug-likeness (QED) is 0.647. The van der Waals surface area contributed by atoms with Crippen molar-refractivity contribution < 1.29 is 19.1 Å².